The van der Waals surface area contributed by atoms with Gasteiger partial charge in [0.25, 0.3) is 0 Å². The Morgan fingerprint density at radius 2 is 2.07 bits per heavy atom. The van der Waals surface area contributed by atoms with Gasteiger partial charge in [0.15, 0.2) is 11.3 Å². The zero-order valence-electron chi connectivity index (χ0n) is 7.22. The molecule has 0 fully saturated rings. The van der Waals surface area contributed by atoms with E-state index in [1.165, 1.54) is 6.07 Å². The molecule has 5 heteroatoms. The predicted octanol–water partition coefficient (Wildman–Crippen LogP) is 3.44. The van der Waals surface area contributed by atoms with Crippen molar-refractivity contribution in [3.63, 3.8) is 0 Å². The van der Waals surface area contributed by atoms with Crippen molar-refractivity contribution in [3.8, 4) is 18.2 Å². The summed E-state index contributed by atoms with van der Waals surface area (Å²) in [4.78, 5) is 3.84. The minimum atomic E-state index is -0.419. The minimum absolute atomic E-state index is 0.135. The molecule has 1 heterocycles. The number of rotatable bonds is 2. The van der Waals surface area contributed by atoms with Gasteiger partial charge in [-0.1, -0.05) is 40.7 Å². The van der Waals surface area contributed by atoms with Gasteiger partial charge in [0.2, 0.25) is 5.88 Å². The Labute approximate surface area is 97.1 Å². The van der Waals surface area contributed by atoms with Crippen molar-refractivity contribution in [3.05, 3.63) is 21.3 Å². The summed E-state index contributed by atoms with van der Waals surface area (Å²) in [5, 5.41) is 0.689. The average Bonchev–Trinajstić information content (AvgIpc) is 2.14. The molecular weight excluding hydrogens is 244 g/mol. The van der Waals surface area contributed by atoms with Crippen LogP contribution in [0.15, 0.2) is 6.07 Å². The predicted molar refractivity (Wildman–Crippen MR) is 58.2 cm³/mol. The summed E-state index contributed by atoms with van der Waals surface area (Å²) in [6.07, 6.45) is 4.71. The number of aromatic nitrogens is 1. The molecule has 0 aliphatic heterocycles. The first kappa shape index (κ1) is 11.5. The van der Waals surface area contributed by atoms with Gasteiger partial charge in [-0.15, -0.1) is 6.42 Å². The summed E-state index contributed by atoms with van der Waals surface area (Å²) in [6, 6.07) is 1.46. The second-order valence-electron chi connectivity index (χ2n) is 2.47. The fraction of sp³-hybridized carbons (Fsp3) is 0.222. The van der Waals surface area contributed by atoms with Gasteiger partial charge >= 0.3 is 0 Å². The number of hydrogen-bond donors (Lipinski definition) is 0. The number of pyridine rings is 1. The van der Waals surface area contributed by atoms with Crippen LogP contribution in [0.4, 0.5) is 0 Å². The largest absolute Gasteiger partial charge is 0.460 e. The van der Waals surface area contributed by atoms with Crippen LogP contribution in [0.3, 0.4) is 0 Å². The van der Waals surface area contributed by atoms with Gasteiger partial charge in [-0.25, -0.2) is 0 Å². The molecule has 0 saturated heterocycles. The molecule has 2 nitrogen and oxygen atoms in total. The quantitative estimate of drug-likeness (QED) is 0.592. The van der Waals surface area contributed by atoms with Crippen molar-refractivity contribution < 1.29 is 4.74 Å². The third kappa shape index (κ3) is 2.68. The summed E-state index contributed by atoms with van der Waals surface area (Å²) >= 11 is 17.2. The SMILES string of the molecule is C#CC(C)Oc1nc(Cl)c(Cl)cc1Cl. The standard InChI is InChI=1S/C9H6Cl3NO/c1-3-5(2)14-9-7(11)4-6(10)8(12)13-9/h1,4-5H,2H3. The van der Waals surface area contributed by atoms with Crippen LogP contribution in [0.2, 0.25) is 15.2 Å². The highest BCUT2D eigenvalue weighted by molar-refractivity contribution is 6.42. The monoisotopic (exact) mass is 249 g/mol. The summed E-state index contributed by atoms with van der Waals surface area (Å²) in [7, 11) is 0. The van der Waals surface area contributed by atoms with Gasteiger partial charge in [-0.3, -0.25) is 0 Å². The Balaban J connectivity index is 2.99. The molecule has 0 N–H and O–H groups in total. The highest BCUT2D eigenvalue weighted by atomic mass is 35.5. The highest BCUT2D eigenvalue weighted by Gasteiger charge is 2.10. The van der Waals surface area contributed by atoms with Crippen molar-refractivity contribution >= 4 is 34.8 Å². The summed E-state index contributed by atoms with van der Waals surface area (Å²) < 4.78 is 5.21. The minimum Gasteiger partial charge on any atom is -0.460 e. The van der Waals surface area contributed by atoms with E-state index in [1.54, 1.807) is 6.92 Å². The lowest BCUT2D eigenvalue weighted by molar-refractivity contribution is 0.268. The van der Waals surface area contributed by atoms with Gasteiger partial charge in [0, 0.05) is 0 Å². The van der Waals surface area contributed by atoms with E-state index in [-0.39, 0.29) is 21.1 Å². The Bertz CT molecular complexity index is 386. The normalized spacial score (nSPS) is 11.9. The van der Waals surface area contributed by atoms with Gasteiger partial charge in [-0.05, 0) is 13.0 Å². The molecule has 0 amide bonds. The van der Waals surface area contributed by atoms with Gasteiger partial charge in [-0.2, -0.15) is 4.98 Å². The first-order valence-corrected chi connectivity index (χ1v) is 4.82. The third-order valence-corrected chi connectivity index (χ3v) is 2.32. The van der Waals surface area contributed by atoms with Crippen LogP contribution in [0.1, 0.15) is 6.92 Å². The van der Waals surface area contributed by atoms with Crippen LogP contribution in [-0.2, 0) is 0 Å². The first-order chi connectivity index (χ1) is 6.54. The Kier molecular flexibility index (Phi) is 3.88. The molecular formula is C9H6Cl3NO. The second-order valence-corrected chi connectivity index (χ2v) is 3.65. The maximum absolute atomic E-state index is 5.80. The Hall–Kier alpha value is -0.620. The smallest absolute Gasteiger partial charge is 0.235 e. The van der Waals surface area contributed by atoms with E-state index in [9.17, 15) is 0 Å². The molecule has 0 radical (unpaired) electrons. The van der Waals surface area contributed by atoms with Gasteiger partial charge in [0.05, 0.1) is 5.02 Å². The van der Waals surface area contributed by atoms with E-state index in [2.05, 4.69) is 10.9 Å². The summed E-state index contributed by atoms with van der Waals surface area (Å²) in [6.45, 7) is 1.69. The van der Waals surface area contributed by atoms with E-state index >= 15 is 0 Å². The van der Waals surface area contributed by atoms with E-state index in [1.807, 2.05) is 0 Å². The molecule has 1 aromatic heterocycles. The van der Waals surface area contributed by atoms with E-state index in [4.69, 9.17) is 46.0 Å². The van der Waals surface area contributed by atoms with Crippen molar-refractivity contribution in [2.24, 2.45) is 0 Å². The number of ether oxygens (including phenoxy) is 1. The lowest BCUT2D eigenvalue weighted by atomic mass is 10.4. The van der Waals surface area contributed by atoms with Gasteiger partial charge in [0.1, 0.15) is 5.02 Å². The third-order valence-electron chi connectivity index (χ3n) is 1.38. The zero-order valence-corrected chi connectivity index (χ0v) is 9.49. The molecule has 1 atom stereocenters. The summed E-state index contributed by atoms with van der Waals surface area (Å²) in [5.41, 5.74) is 0. The average molecular weight is 251 g/mol. The van der Waals surface area contributed by atoms with Gasteiger partial charge < -0.3 is 4.74 Å². The van der Waals surface area contributed by atoms with Crippen LogP contribution < -0.4 is 4.74 Å². The van der Waals surface area contributed by atoms with Crippen molar-refractivity contribution in [2.45, 2.75) is 13.0 Å². The highest BCUT2D eigenvalue weighted by Crippen LogP contribution is 2.30. The molecule has 0 aromatic carbocycles. The zero-order chi connectivity index (χ0) is 10.7. The molecule has 1 rings (SSSR count). The number of terminal acetylenes is 1. The molecule has 0 bridgehead atoms. The molecule has 1 unspecified atom stereocenters. The Morgan fingerprint density at radius 1 is 1.43 bits per heavy atom. The second kappa shape index (κ2) is 4.75. The van der Waals surface area contributed by atoms with E-state index in [0.717, 1.165) is 0 Å². The maximum Gasteiger partial charge on any atom is 0.235 e. The van der Waals surface area contributed by atoms with E-state index < -0.39 is 6.10 Å². The van der Waals surface area contributed by atoms with Crippen molar-refractivity contribution in [1.82, 2.24) is 4.98 Å². The maximum atomic E-state index is 5.80. The molecule has 74 valence electrons. The molecule has 0 aliphatic carbocycles. The van der Waals surface area contributed by atoms with Crippen molar-refractivity contribution in [2.75, 3.05) is 0 Å². The van der Waals surface area contributed by atoms with Crippen molar-refractivity contribution in [1.29, 1.82) is 0 Å². The number of hydrogen-bond acceptors (Lipinski definition) is 2. The fourth-order valence-electron chi connectivity index (χ4n) is 0.713. The van der Waals surface area contributed by atoms with Crippen LogP contribution in [0.5, 0.6) is 5.88 Å². The Morgan fingerprint density at radius 3 is 2.64 bits per heavy atom. The molecule has 0 spiro atoms. The van der Waals surface area contributed by atoms with Crippen LogP contribution in [0.25, 0.3) is 0 Å². The molecule has 1 aromatic rings. The molecule has 14 heavy (non-hydrogen) atoms. The lowest BCUT2D eigenvalue weighted by Gasteiger charge is -2.09. The number of nitrogens with zero attached hydrogens (tertiary/aromatic N) is 1. The molecule has 0 aliphatic rings. The topological polar surface area (TPSA) is 22.1 Å². The summed E-state index contributed by atoms with van der Waals surface area (Å²) in [5.74, 6) is 2.56. The first-order valence-electron chi connectivity index (χ1n) is 3.69. The van der Waals surface area contributed by atoms with Crippen LogP contribution in [-0.4, -0.2) is 11.1 Å². The molecule has 0 saturated carbocycles. The van der Waals surface area contributed by atoms with Crippen LogP contribution in [0, 0.1) is 12.3 Å². The number of halogens is 3. The fourth-order valence-corrected chi connectivity index (χ4v) is 1.25. The van der Waals surface area contributed by atoms with Crippen LogP contribution >= 0.6 is 34.8 Å². The lowest BCUT2D eigenvalue weighted by Crippen LogP contribution is -2.09. The van der Waals surface area contributed by atoms with E-state index in [0.29, 0.717) is 0 Å².